The third-order valence-electron chi connectivity index (χ3n) is 5.18. The van der Waals surface area contributed by atoms with Gasteiger partial charge in [0, 0.05) is 13.0 Å². The molecule has 2 fully saturated rings. The van der Waals surface area contributed by atoms with Gasteiger partial charge in [-0.15, -0.1) is 0 Å². The molecule has 1 aromatic rings. The van der Waals surface area contributed by atoms with Crippen LogP contribution in [0.15, 0.2) is 24.3 Å². The van der Waals surface area contributed by atoms with E-state index >= 15 is 0 Å². The van der Waals surface area contributed by atoms with Crippen LogP contribution in [0.25, 0.3) is 0 Å². The molecule has 3 aliphatic heterocycles. The molecule has 2 atom stereocenters. The maximum atomic E-state index is 12.5. The van der Waals surface area contributed by atoms with Crippen LogP contribution >= 0.6 is 0 Å². The first-order valence-electron chi connectivity index (χ1n) is 8.51. The first-order valence-corrected chi connectivity index (χ1v) is 8.51. The van der Waals surface area contributed by atoms with E-state index in [-0.39, 0.29) is 36.3 Å². The molecule has 3 heterocycles. The van der Waals surface area contributed by atoms with Crippen LogP contribution in [0.4, 0.5) is 0 Å². The second-order valence-corrected chi connectivity index (χ2v) is 6.63. The molecule has 3 amide bonds. The molecule has 0 aromatic heterocycles. The molecular formula is C18H20N2O4. The summed E-state index contributed by atoms with van der Waals surface area (Å²) in [7, 11) is 0. The topological polar surface area (TPSA) is 66.9 Å². The zero-order valence-corrected chi connectivity index (χ0v) is 13.4. The average molecular weight is 328 g/mol. The lowest BCUT2D eigenvalue weighted by Gasteiger charge is -2.34. The van der Waals surface area contributed by atoms with Crippen LogP contribution in [-0.4, -0.2) is 59.4 Å². The molecule has 24 heavy (non-hydrogen) atoms. The van der Waals surface area contributed by atoms with Crippen LogP contribution in [0.2, 0.25) is 0 Å². The van der Waals surface area contributed by atoms with Crippen molar-refractivity contribution in [2.24, 2.45) is 0 Å². The molecule has 0 saturated carbocycles. The number of hydrogen-bond acceptors (Lipinski definition) is 4. The molecule has 2 saturated heterocycles. The molecule has 3 aliphatic rings. The fourth-order valence-electron chi connectivity index (χ4n) is 4.00. The van der Waals surface area contributed by atoms with E-state index in [2.05, 4.69) is 0 Å². The van der Waals surface area contributed by atoms with E-state index in [0.717, 1.165) is 12.8 Å². The second kappa shape index (κ2) is 6.02. The van der Waals surface area contributed by atoms with Crippen molar-refractivity contribution in [1.29, 1.82) is 0 Å². The van der Waals surface area contributed by atoms with Crippen molar-refractivity contribution in [3.05, 3.63) is 35.4 Å². The van der Waals surface area contributed by atoms with E-state index < -0.39 is 0 Å². The van der Waals surface area contributed by atoms with Gasteiger partial charge in [0.2, 0.25) is 5.91 Å². The number of imide groups is 1. The zero-order valence-electron chi connectivity index (χ0n) is 13.4. The molecule has 1 aromatic carbocycles. The van der Waals surface area contributed by atoms with Gasteiger partial charge in [-0.3, -0.25) is 19.3 Å². The Hall–Kier alpha value is -2.21. The van der Waals surface area contributed by atoms with Crippen LogP contribution < -0.4 is 0 Å². The van der Waals surface area contributed by atoms with Gasteiger partial charge in [0.15, 0.2) is 0 Å². The van der Waals surface area contributed by atoms with Crippen molar-refractivity contribution >= 4 is 17.7 Å². The van der Waals surface area contributed by atoms with Crippen molar-refractivity contribution in [1.82, 2.24) is 9.80 Å². The fourth-order valence-corrected chi connectivity index (χ4v) is 4.00. The van der Waals surface area contributed by atoms with Crippen molar-refractivity contribution in [2.45, 2.75) is 37.8 Å². The number of rotatable bonds is 4. The van der Waals surface area contributed by atoms with Gasteiger partial charge in [0.1, 0.15) is 0 Å². The molecule has 0 aliphatic carbocycles. The lowest BCUT2D eigenvalue weighted by atomic mass is 10.1. The van der Waals surface area contributed by atoms with E-state index in [0.29, 0.717) is 37.2 Å². The predicted molar refractivity (Wildman–Crippen MR) is 85.5 cm³/mol. The lowest BCUT2D eigenvalue weighted by molar-refractivity contribution is -0.141. The number of hydrogen-bond donors (Lipinski definition) is 0. The zero-order chi connectivity index (χ0) is 16.7. The highest BCUT2D eigenvalue weighted by Crippen LogP contribution is 2.29. The summed E-state index contributed by atoms with van der Waals surface area (Å²) in [5.74, 6) is -0.397. The van der Waals surface area contributed by atoms with Gasteiger partial charge >= 0.3 is 0 Å². The second-order valence-electron chi connectivity index (χ2n) is 6.63. The normalized spacial score (nSPS) is 25.3. The van der Waals surface area contributed by atoms with Crippen molar-refractivity contribution < 1.29 is 19.1 Å². The summed E-state index contributed by atoms with van der Waals surface area (Å²) < 4.78 is 5.50. The van der Waals surface area contributed by atoms with Gasteiger partial charge in [0.05, 0.1) is 36.4 Å². The third kappa shape index (κ3) is 2.41. The van der Waals surface area contributed by atoms with Gasteiger partial charge in [0.25, 0.3) is 11.8 Å². The van der Waals surface area contributed by atoms with Gasteiger partial charge in [-0.05, 0) is 31.4 Å². The lowest BCUT2D eigenvalue weighted by Crippen LogP contribution is -2.49. The predicted octanol–water partition coefficient (Wildman–Crippen LogP) is 1.45. The monoisotopic (exact) mass is 328 g/mol. The number of nitrogens with zero attached hydrogens (tertiary/aromatic N) is 2. The standard InChI is InChI=1S/C18H20N2O4/c21-16(20-12-7-8-13(20)11-24-10-12)6-3-9-19-17(22)14-4-1-2-5-15(14)18(19)23/h1-2,4-5,12-13H,3,6-11H2/t12-,13-/m0/s1. The highest BCUT2D eigenvalue weighted by Gasteiger charge is 2.40. The Bertz CT molecular complexity index is 651. The van der Waals surface area contributed by atoms with Crippen LogP contribution in [0.1, 0.15) is 46.4 Å². The SMILES string of the molecule is O=C1c2ccccc2C(=O)N1CCCC(=O)N1[C@H]2CC[C@H]1COC2. The summed E-state index contributed by atoms with van der Waals surface area (Å²) in [6, 6.07) is 7.26. The number of carbonyl (C=O) groups excluding carboxylic acids is 3. The molecule has 4 rings (SSSR count). The third-order valence-corrected chi connectivity index (χ3v) is 5.18. The highest BCUT2D eigenvalue weighted by atomic mass is 16.5. The Morgan fingerprint density at radius 2 is 1.62 bits per heavy atom. The molecule has 126 valence electrons. The average Bonchev–Trinajstić information content (AvgIpc) is 2.99. The Labute approximate surface area is 140 Å². The van der Waals surface area contributed by atoms with Gasteiger partial charge in [-0.1, -0.05) is 12.1 Å². The van der Waals surface area contributed by atoms with Gasteiger partial charge in [-0.2, -0.15) is 0 Å². The molecule has 2 bridgehead atoms. The Balaban J connectivity index is 1.34. The summed E-state index contributed by atoms with van der Waals surface area (Å²) in [5.41, 5.74) is 0.917. The summed E-state index contributed by atoms with van der Waals surface area (Å²) in [6.07, 6.45) is 2.88. The van der Waals surface area contributed by atoms with Crippen LogP contribution in [-0.2, 0) is 9.53 Å². The fraction of sp³-hybridized carbons (Fsp3) is 0.500. The van der Waals surface area contributed by atoms with E-state index in [4.69, 9.17) is 4.74 Å². The Morgan fingerprint density at radius 1 is 1.04 bits per heavy atom. The maximum Gasteiger partial charge on any atom is 0.261 e. The van der Waals surface area contributed by atoms with Gasteiger partial charge in [-0.25, -0.2) is 0 Å². The smallest absolute Gasteiger partial charge is 0.261 e. The number of amides is 3. The largest absolute Gasteiger partial charge is 0.377 e. The van der Waals surface area contributed by atoms with Crippen molar-refractivity contribution in [3.63, 3.8) is 0 Å². The highest BCUT2D eigenvalue weighted by molar-refractivity contribution is 6.21. The molecule has 6 nitrogen and oxygen atoms in total. The van der Waals surface area contributed by atoms with E-state index in [1.54, 1.807) is 24.3 Å². The Kier molecular flexibility index (Phi) is 3.84. The maximum absolute atomic E-state index is 12.5. The molecule has 0 N–H and O–H groups in total. The van der Waals surface area contributed by atoms with E-state index in [1.807, 2.05) is 4.90 Å². The molecule has 0 radical (unpaired) electrons. The summed E-state index contributed by atoms with van der Waals surface area (Å²) in [6.45, 7) is 1.54. The molecule has 0 spiro atoms. The first-order chi connectivity index (χ1) is 11.7. The first kappa shape index (κ1) is 15.3. The minimum Gasteiger partial charge on any atom is -0.377 e. The van der Waals surface area contributed by atoms with Crippen molar-refractivity contribution in [3.8, 4) is 0 Å². The van der Waals surface area contributed by atoms with Crippen molar-refractivity contribution in [2.75, 3.05) is 19.8 Å². The number of morpholine rings is 1. The van der Waals surface area contributed by atoms with E-state index in [1.165, 1.54) is 4.90 Å². The van der Waals surface area contributed by atoms with Crippen LogP contribution in [0.5, 0.6) is 0 Å². The summed E-state index contributed by atoms with van der Waals surface area (Å²) in [5, 5.41) is 0. The van der Waals surface area contributed by atoms with E-state index in [9.17, 15) is 14.4 Å². The number of fused-ring (bicyclic) bond motifs is 3. The molecular weight excluding hydrogens is 308 g/mol. The minimum absolute atomic E-state index is 0.113. The van der Waals surface area contributed by atoms with Crippen LogP contribution in [0, 0.1) is 0 Å². The molecule has 0 unspecified atom stereocenters. The summed E-state index contributed by atoms with van der Waals surface area (Å²) >= 11 is 0. The minimum atomic E-state index is -0.255. The summed E-state index contributed by atoms with van der Waals surface area (Å²) in [4.78, 5) is 40.3. The number of benzene rings is 1. The molecule has 6 heteroatoms. The number of carbonyl (C=O) groups is 3. The van der Waals surface area contributed by atoms with Crippen LogP contribution in [0.3, 0.4) is 0 Å². The number of ether oxygens (including phenoxy) is 1. The Morgan fingerprint density at radius 3 is 2.21 bits per heavy atom. The van der Waals surface area contributed by atoms with Gasteiger partial charge < -0.3 is 9.64 Å². The quantitative estimate of drug-likeness (QED) is 0.785.